The van der Waals surface area contributed by atoms with Gasteiger partial charge in [0.15, 0.2) is 11.6 Å². The first-order valence-electron chi connectivity index (χ1n) is 5.87. The van der Waals surface area contributed by atoms with Crippen molar-refractivity contribution in [3.05, 3.63) is 35.4 Å². The number of benzene rings is 1. The number of carbonyl (C=O) groups excluding carboxylic acids is 1. The van der Waals surface area contributed by atoms with Crippen LogP contribution in [0, 0.1) is 17.6 Å². The highest BCUT2D eigenvalue weighted by atomic mass is 35.5. The van der Waals surface area contributed by atoms with E-state index in [1.807, 2.05) is 6.92 Å². The van der Waals surface area contributed by atoms with Crippen molar-refractivity contribution in [3.63, 3.8) is 0 Å². The van der Waals surface area contributed by atoms with Crippen LogP contribution in [-0.4, -0.2) is 18.3 Å². The molecule has 0 spiro atoms. The van der Waals surface area contributed by atoms with Crippen LogP contribution in [0.2, 0.25) is 0 Å². The molecule has 0 fully saturated rings. The molecule has 1 aromatic rings. The van der Waals surface area contributed by atoms with Gasteiger partial charge in [0, 0.05) is 18.0 Å². The lowest BCUT2D eigenvalue weighted by Crippen LogP contribution is -2.29. The Hall–Kier alpha value is -1.16. The first kappa shape index (κ1) is 14.9. The minimum Gasteiger partial charge on any atom is -0.352 e. The van der Waals surface area contributed by atoms with Gasteiger partial charge < -0.3 is 5.32 Å². The first-order chi connectivity index (χ1) is 8.58. The van der Waals surface area contributed by atoms with Gasteiger partial charge in [-0.3, -0.25) is 4.79 Å². The van der Waals surface area contributed by atoms with Gasteiger partial charge in [-0.2, -0.15) is 0 Å². The molecule has 0 bridgehead atoms. The van der Waals surface area contributed by atoms with Crippen LogP contribution in [0.25, 0.3) is 0 Å². The van der Waals surface area contributed by atoms with Crippen molar-refractivity contribution in [3.8, 4) is 0 Å². The van der Waals surface area contributed by atoms with Crippen LogP contribution in [0.3, 0.4) is 0 Å². The van der Waals surface area contributed by atoms with Gasteiger partial charge in [-0.1, -0.05) is 13.3 Å². The van der Waals surface area contributed by atoms with Crippen molar-refractivity contribution in [2.75, 3.05) is 12.4 Å². The third-order valence-corrected chi connectivity index (χ3v) is 3.05. The number of hydrogen-bond donors (Lipinski definition) is 1. The number of hydrogen-bond acceptors (Lipinski definition) is 1. The topological polar surface area (TPSA) is 29.1 Å². The molecule has 1 rings (SSSR count). The van der Waals surface area contributed by atoms with E-state index in [1.54, 1.807) is 0 Å². The molecular formula is C13H16ClF2NO. The summed E-state index contributed by atoms with van der Waals surface area (Å²) in [5, 5.41) is 2.69. The van der Waals surface area contributed by atoms with Crippen molar-refractivity contribution in [1.29, 1.82) is 0 Å². The summed E-state index contributed by atoms with van der Waals surface area (Å²) in [6.07, 6.45) is 1.72. The van der Waals surface area contributed by atoms with Crippen LogP contribution in [0.5, 0.6) is 0 Å². The standard InChI is InChI=1S/C13H16ClF2NO/c1-2-9(5-6-14)8-17-13(18)10-3-4-11(15)12(16)7-10/h3-4,7,9H,2,5-6,8H2,1H3,(H,17,18). The second kappa shape index (κ2) is 7.31. The van der Waals surface area contributed by atoms with E-state index in [0.29, 0.717) is 18.3 Å². The number of amides is 1. The number of halogens is 3. The summed E-state index contributed by atoms with van der Waals surface area (Å²) in [4.78, 5) is 11.7. The third-order valence-electron chi connectivity index (χ3n) is 2.83. The zero-order valence-electron chi connectivity index (χ0n) is 10.2. The minimum absolute atomic E-state index is 0.120. The van der Waals surface area contributed by atoms with E-state index in [0.717, 1.165) is 25.0 Å². The Bertz CT molecular complexity index is 412. The van der Waals surface area contributed by atoms with Crippen LogP contribution in [0.15, 0.2) is 18.2 Å². The Labute approximate surface area is 110 Å². The maximum atomic E-state index is 13.0. The van der Waals surface area contributed by atoms with Crippen molar-refractivity contribution in [1.82, 2.24) is 5.32 Å². The molecule has 1 atom stereocenters. The zero-order chi connectivity index (χ0) is 13.5. The maximum Gasteiger partial charge on any atom is 0.251 e. The molecule has 0 aliphatic heterocycles. The summed E-state index contributed by atoms with van der Waals surface area (Å²) in [6.45, 7) is 2.50. The van der Waals surface area contributed by atoms with E-state index in [4.69, 9.17) is 11.6 Å². The Kier molecular flexibility index (Phi) is 6.05. The molecule has 0 radical (unpaired) electrons. The van der Waals surface area contributed by atoms with Crippen LogP contribution < -0.4 is 5.32 Å². The van der Waals surface area contributed by atoms with Gasteiger partial charge in [0.1, 0.15) is 0 Å². The van der Waals surface area contributed by atoms with Crippen molar-refractivity contribution in [2.45, 2.75) is 19.8 Å². The second-order valence-electron chi connectivity index (χ2n) is 4.09. The molecule has 0 aliphatic rings. The molecule has 0 saturated heterocycles. The molecule has 1 amide bonds. The highest BCUT2D eigenvalue weighted by Gasteiger charge is 2.11. The molecular weight excluding hydrogens is 260 g/mol. The highest BCUT2D eigenvalue weighted by molar-refractivity contribution is 6.17. The van der Waals surface area contributed by atoms with E-state index in [1.165, 1.54) is 6.07 Å². The van der Waals surface area contributed by atoms with E-state index >= 15 is 0 Å². The molecule has 0 saturated carbocycles. The van der Waals surface area contributed by atoms with Crippen molar-refractivity contribution in [2.24, 2.45) is 5.92 Å². The third kappa shape index (κ3) is 4.26. The molecule has 100 valence electrons. The Balaban J connectivity index is 2.57. The highest BCUT2D eigenvalue weighted by Crippen LogP contribution is 2.10. The summed E-state index contributed by atoms with van der Waals surface area (Å²) >= 11 is 5.64. The van der Waals surface area contributed by atoms with Gasteiger partial charge in [-0.15, -0.1) is 11.6 Å². The fourth-order valence-corrected chi connectivity index (χ4v) is 1.89. The molecule has 1 N–H and O–H groups in total. The molecule has 0 aromatic heterocycles. The van der Waals surface area contributed by atoms with E-state index in [-0.39, 0.29) is 5.56 Å². The molecule has 1 aromatic carbocycles. The zero-order valence-corrected chi connectivity index (χ0v) is 10.9. The van der Waals surface area contributed by atoms with Crippen LogP contribution in [-0.2, 0) is 0 Å². The number of nitrogens with one attached hydrogen (secondary N) is 1. The molecule has 1 unspecified atom stereocenters. The van der Waals surface area contributed by atoms with Crippen LogP contribution >= 0.6 is 11.6 Å². The van der Waals surface area contributed by atoms with Gasteiger partial charge in [0.05, 0.1) is 0 Å². The normalized spacial score (nSPS) is 12.2. The average molecular weight is 276 g/mol. The van der Waals surface area contributed by atoms with Crippen LogP contribution in [0.4, 0.5) is 8.78 Å². The summed E-state index contributed by atoms with van der Waals surface area (Å²) in [6, 6.07) is 3.10. The van der Waals surface area contributed by atoms with Gasteiger partial charge in [-0.05, 0) is 30.5 Å². The van der Waals surface area contributed by atoms with E-state index < -0.39 is 17.5 Å². The predicted octanol–water partition coefficient (Wildman–Crippen LogP) is 3.35. The Morgan fingerprint density at radius 1 is 1.39 bits per heavy atom. The predicted molar refractivity (Wildman–Crippen MR) is 67.8 cm³/mol. The second-order valence-corrected chi connectivity index (χ2v) is 4.47. The first-order valence-corrected chi connectivity index (χ1v) is 6.41. The SMILES string of the molecule is CCC(CCCl)CNC(=O)c1ccc(F)c(F)c1. The number of carbonyl (C=O) groups is 1. The monoisotopic (exact) mass is 275 g/mol. The molecule has 0 aliphatic carbocycles. The lowest BCUT2D eigenvalue weighted by atomic mass is 10.0. The quantitative estimate of drug-likeness (QED) is 0.793. The van der Waals surface area contributed by atoms with Gasteiger partial charge in [0.25, 0.3) is 5.91 Å². The largest absolute Gasteiger partial charge is 0.352 e. The van der Waals surface area contributed by atoms with Crippen molar-refractivity contribution >= 4 is 17.5 Å². The minimum atomic E-state index is -1.02. The van der Waals surface area contributed by atoms with E-state index in [9.17, 15) is 13.6 Å². The van der Waals surface area contributed by atoms with Gasteiger partial charge >= 0.3 is 0 Å². The molecule has 5 heteroatoms. The lowest BCUT2D eigenvalue weighted by Gasteiger charge is -2.14. The average Bonchev–Trinajstić information content (AvgIpc) is 2.37. The summed E-state index contributed by atoms with van der Waals surface area (Å²) in [7, 11) is 0. The molecule has 0 heterocycles. The summed E-state index contributed by atoms with van der Waals surface area (Å²) in [5.74, 6) is -1.53. The molecule has 18 heavy (non-hydrogen) atoms. The fourth-order valence-electron chi connectivity index (χ4n) is 1.58. The number of rotatable bonds is 6. The van der Waals surface area contributed by atoms with Gasteiger partial charge in [-0.25, -0.2) is 8.78 Å². The fraction of sp³-hybridized carbons (Fsp3) is 0.462. The van der Waals surface area contributed by atoms with Crippen molar-refractivity contribution < 1.29 is 13.6 Å². The lowest BCUT2D eigenvalue weighted by molar-refractivity contribution is 0.0946. The Morgan fingerprint density at radius 3 is 2.67 bits per heavy atom. The summed E-state index contributed by atoms with van der Waals surface area (Å²) in [5.41, 5.74) is 0.120. The summed E-state index contributed by atoms with van der Waals surface area (Å²) < 4.78 is 25.7. The smallest absolute Gasteiger partial charge is 0.251 e. The van der Waals surface area contributed by atoms with Crippen LogP contribution in [0.1, 0.15) is 30.1 Å². The Morgan fingerprint density at radius 2 is 2.11 bits per heavy atom. The number of alkyl halides is 1. The van der Waals surface area contributed by atoms with E-state index in [2.05, 4.69) is 5.32 Å². The maximum absolute atomic E-state index is 13.0. The molecule has 2 nitrogen and oxygen atoms in total. The van der Waals surface area contributed by atoms with Gasteiger partial charge in [0.2, 0.25) is 0 Å².